The molecule has 3 rings (SSSR count). The van der Waals surface area contributed by atoms with Gasteiger partial charge in [0.2, 0.25) is 0 Å². The van der Waals surface area contributed by atoms with Gasteiger partial charge in [0.1, 0.15) is 5.69 Å². The van der Waals surface area contributed by atoms with Crippen molar-refractivity contribution < 1.29 is 9.53 Å². The summed E-state index contributed by atoms with van der Waals surface area (Å²) in [5, 5.41) is 9.55. The van der Waals surface area contributed by atoms with Crippen LogP contribution in [0.3, 0.4) is 0 Å². The molecule has 7 nitrogen and oxygen atoms in total. The van der Waals surface area contributed by atoms with E-state index in [1.807, 2.05) is 24.3 Å². The molecule has 0 saturated carbocycles. The number of aromatic nitrogens is 2. The highest BCUT2D eigenvalue weighted by Crippen LogP contribution is 2.27. The highest BCUT2D eigenvalue weighted by molar-refractivity contribution is 6.31. The van der Waals surface area contributed by atoms with E-state index in [4.69, 9.17) is 16.3 Å². The smallest absolute Gasteiger partial charge is 0.271 e. The second-order valence-electron chi connectivity index (χ2n) is 5.70. The van der Waals surface area contributed by atoms with E-state index in [2.05, 4.69) is 20.4 Å². The monoisotopic (exact) mass is 362 g/mol. The summed E-state index contributed by atoms with van der Waals surface area (Å²) in [4.78, 5) is 25.6. The molecule has 2 N–H and O–H groups in total. The van der Waals surface area contributed by atoms with Gasteiger partial charge in [-0.2, -0.15) is 5.10 Å². The van der Waals surface area contributed by atoms with Crippen LogP contribution >= 0.6 is 11.6 Å². The SMILES string of the molecule is O=C(NCC(c1ccccc1Cl)N1CCOCC1)c1ccc(=O)[nH]n1. The molecule has 1 unspecified atom stereocenters. The molecule has 1 amide bonds. The third-order valence-electron chi connectivity index (χ3n) is 4.12. The number of carbonyl (C=O) groups excluding carboxylic acids is 1. The summed E-state index contributed by atoms with van der Waals surface area (Å²) in [6, 6.07) is 10.2. The Bertz CT molecular complexity index is 769. The third kappa shape index (κ3) is 4.45. The van der Waals surface area contributed by atoms with Gasteiger partial charge in [0, 0.05) is 30.7 Å². The molecule has 2 heterocycles. The van der Waals surface area contributed by atoms with Gasteiger partial charge in [-0.3, -0.25) is 14.5 Å². The summed E-state index contributed by atoms with van der Waals surface area (Å²) in [7, 11) is 0. The molecule has 0 bridgehead atoms. The van der Waals surface area contributed by atoms with Gasteiger partial charge in [0.05, 0.1) is 19.3 Å². The van der Waals surface area contributed by atoms with Crippen molar-refractivity contribution in [3.63, 3.8) is 0 Å². The molecule has 1 aliphatic heterocycles. The van der Waals surface area contributed by atoms with E-state index < -0.39 is 0 Å². The lowest BCUT2D eigenvalue weighted by Crippen LogP contribution is -2.44. The Balaban J connectivity index is 1.75. The number of ether oxygens (including phenoxy) is 1. The largest absolute Gasteiger partial charge is 0.379 e. The van der Waals surface area contributed by atoms with Crippen LogP contribution in [0.1, 0.15) is 22.1 Å². The molecule has 1 atom stereocenters. The van der Waals surface area contributed by atoms with Crippen LogP contribution in [0.4, 0.5) is 0 Å². The molecule has 1 saturated heterocycles. The fraction of sp³-hybridized carbons (Fsp3) is 0.353. The maximum atomic E-state index is 12.3. The van der Waals surface area contributed by atoms with Crippen LogP contribution in [0.5, 0.6) is 0 Å². The molecule has 0 spiro atoms. The lowest BCUT2D eigenvalue weighted by atomic mass is 10.0. The Morgan fingerprint density at radius 1 is 1.28 bits per heavy atom. The molecule has 2 aromatic rings. The highest BCUT2D eigenvalue weighted by Gasteiger charge is 2.25. The molecule has 1 aromatic heterocycles. The van der Waals surface area contributed by atoms with Crippen molar-refractivity contribution >= 4 is 17.5 Å². The maximum Gasteiger partial charge on any atom is 0.271 e. The van der Waals surface area contributed by atoms with Crippen LogP contribution in [0.25, 0.3) is 0 Å². The van der Waals surface area contributed by atoms with Gasteiger partial charge in [-0.25, -0.2) is 5.10 Å². The third-order valence-corrected chi connectivity index (χ3v) is 4.46. The molecule has 25 heavy (non-hydrogen) atoms. The Labute approximate surface area is 149 Å². The number of hydrogen-bond acceptors (Lipinski definition) is 5. The van der Waals surface area contributed by atoms with Crippen molar-refractivity contribution in [1.82, 2.24) is 20.4 Å². The average Bonchev–Trinajstić information content (AvgIpc) is 2.64. The number of amides is 1. The van der Waals surface area contributed by atoms with Crippen molar-refractivity contribution in [2.24, 2.45) is 0 Å². The molecule has 1 aliphatic rings. The lowest BCUT2D eigenvalue weighted by Gasteiger charge is -2.35. The van der Waals surface area contributed by atoms with E-state index in [9.17, 15) is 9.59 Å². The first-order valence-corrected chi connectivity index (χ1v) is 8.43. The number of carbonyl (C=O) groups is 1. The molecular formula is C17H19ClN4O3. The highest BCUT2D eigenvalue weighted by atomic mass is 35.5. The summed E-state index contributed by atoms with van der Waals surface area (Å²) in [5.41, 5.74) is 0.777. The average molecular weight is 363 g/mol. The topological polar surface area (TPSA) is 87.3 Å². The van der Waals surface area contributed by atoms with Crippen molar-refractivity contribution in [3.05, 3.63) is 63.0 Å². The zero-order valence-corrected chi connectivity index (χ0v) is 14.3. The summed E-state index contributed by atoms with van der Waals surface area (Å²) in [6.45, 7) is 3.21. The van der Waals surface area contributed by atoms with E-state index in [1.165, 1.54) is 12.1 Å². The Hall–Kier alpha value is -2.22. The Morgan fingerprint density at radius 2 is 2.04 bits per heavy atom. The molecule has 1 aromatic carbocycles. The first kappa shape index (κ1) is 17.6. The molecule has 1 fully saturated rings. The number of nitrogens with zero attached hydrogens (tertiary/aromatic N) is 2. The fourth-order valence-electron chi connectivity index (χ4n) is 2.82. The normalized spacial score (nSPS) is 16.4. The number of H-pyrrole nitrogens is 1. The number of hydrogen-bond donors (Lipinski definition) is 2. The summed E-state index contributed by atoms with van der Waals surface area (Å²) >= 11 is 6.37. The van der Waals surface area contributed by atoms with E-state index in [-0.39, 0.29) is 23.2 Å². The molecule has 0 radical (unpaired) electrons. The Kier molecular flexibility index (Phi) is 5.80. The molecule has 8 heteroatoms. The van der Waals surface area contributed by atoms with Gasteiger partial charge in [-0.1, -0.05) is 29.8 Å². The van der Waals surface area contributed by atoms with Crippen molar-refractivity contribution in [2.45, 2.75) is 6.04 Å². The number of benzene rings is 1. The number of halogens is 1. The predicted molar refractivity (Wildman–Crippen MR) is 93.8 cm³/mol. The minimum atomic E-state index is -0.348. The van der Waals surface area contributed by atoms with Gasteiger partial charge in [-0.15, -0.1) is 0 Å². The minimum absolute atomic E-state index is 0.0655. The van der Waals surface area contributed by atoms with E-state index >= 15 is 0 Å². The lowest BCUT2D eigenvalue weighted by molar-refractivity contribution is 0.0162. The van der Waals surface area contributed by atoms with Gasteiger partial charge in [-0.05, 0) is 17.7 Å². The number of aromatic amines is 1. The van der Waals surface area contributed by atoms with Crippen LogP contribution in [0.2, 0.25) is 5.02 Å². The molecule has 132 valence electrons. The van der Waals surface area contributed by atoms with Crippen molar-refractivity contribution in [1.29, 1.82) is 0 Å². The van der Waals surface area contributed by atoms with Crippen LogP contribution in [0.15, 0.2) is 41.2 Å². The second-order valence-corrected chi connectivity index (χ2v) is 6.11. The second kappa shape index (κ2) is 8.24. The summed E-state index contributed by atoms with van der Waals surface area (Å²) in [6.07, 6.45) is 0. The standard InChI is InChI=1S/C17H19ClN4O3/c18-13-4-2-1-3-12(13)15(22-7-9-25-10-8-22)11-19-17(24)14-5-6-16(23)21-20-14/h1-6,15H,7-11H2,(H,19,24)(H,21,23). The van der Waals surface area contributed by atoms with Crippen LogP contribution < -0.4 is 10.9 Å². The Morgan fingerprint density at radius 3 is 2.72 bits per heavy atom. The predicted octanol–water partition coefficient (Wildman–Crippen LogP) is 1.23. The zero-order valence-electron chi connectivity index (χ0n) is 13.6. The zero-order chi connectivity index (χ0) is 17.6. The molecule has 0 aliphatic carbocycles. The van der Waals surface area contributed by atoms with E-state index in [1.54, 1.807) is 0 Å². The van der Waals surface area contributed by atoms with Gasteiger partial charge in [0.15, 0.2) is 0 Å². The van der Waals surface area contributed by atoms with Crippen LogP contribution in [-0.2, 0) is 4.74 Å². The van der Waals surface area contributed by atoms with Crippen LogP contribution in [0, 0.1) is 0 Å². The van der Waals surface area contributed by atoms with Crippen LogP contribution in [-0.4, -0.2) is 53.9 Å². The molecular weight excluding hydrogens is 344 g/mol. The summed E-state index contributed by atoms with van der Waals surface area (Å²) in [5.74, 6) is -0.346. The van der Waals surface area contributed by atoms with Crippen molar-refractivity contribution in [3.8, 4) is 0 Å². The van der Waals surface area contributed by atoms with Gasteiger partial charge in [0.25, 0.3) is 11.5 Å². The van der Waals surface area contributed by atoms with E-state index in [0.29, 0.717) is 24.8 Å². The first-order valence-electron chi connectivity index (χ1n) is 8.05. The summed E-state index contributed by atoms with van der Waals surface area (Å²) < 4.78 is 5.42. The maximum absolute atomic E-state index is 12.3. The quantitative estimate of drug-likeness (QED) is 0.835. The fourth-order valence-corrected chi connectivity index (χ4v) is 3.08. The van der Waals surface area contributed by atoms with Gasteiger partial charge < -0.3 is 10.1 Å². The number of morpholine rings is 1. The minimum Gasteiger partial charge on any atom is -0.379 e. The van der Waals surface area contributed by atoms with Crippen molar-refractivity contribution in [2.75, 3.05) is 32.8 Å². The van der Waals surface area contributed by atoms with Gasteiger partial charge >= 0.3 is 0 Å². The first-order chi connectivity index (χ1) is 12.1. The van der Waals surface area contributed by atoms with E-state index in [0.717, 1.165) is 18.7 Å². The number of rotatable bonds is 5. The number of nitrogens with one attached hydrogen (secondary N) is 2.